The van der Waals surface area contributed by atoms with Gasteiger partial charge in [0.05, 0.1) is 5.69 Å². The van der Waals surface area contributed by atoms with Gasteiger partial charge in [0.2, 0.25) is 5.96 Å². The number of aliphatic imine (C=N–C) groups is 1. The highest BCUT2D eigenvalue weighted by Crippen LogP contribution is 2.29. The van der Waals surface area contributed by atoms with Crippen molar-refractivity contribution in [3.63, 3.8) is 0 Å². The van der Waals surface area contributed by atoms with Crippen molar-refractivity contribution in [3.8, 4) is 0 Å². The number of nitrogens with zero attached hydrogens (tertiary/aromatic N) is 1. The maximum absolute atomic E-state index is 12.1. The largest absolute Gasteiger partial charge is 0.324 e. The molecule has 1 aliphatic heterocycles. The average Bonchev–Trinajstić information content (AvgIpc) is 2.13. The van der Waals surface area contributed by atoms with Gasteiger partial charge in [-0.2, -0.15) is 0 Å². The van der Waals surface area contributed by atoms with E-state index in [2.05, 4.69) is 15.0 Å². The Morgan fingerprint density at radius 3 is 2.65 bits per heavy atom. The number of rotatable bonds is 1. The molecule has 0 bridgehead atoms. The number of hydrogen-bond donors (Lipinski definition) is 2. The van der Waals surface area contributed by atoms with Crippen molar-refractivity contribution in [1.82, 2.24) is 4.72 Å². The van der Waals surface area contributed by atoms with Crippen molar-refractivity contribution >= 4 is 21.7 Å². The van der Waals surface area contributed by atoms with Gasteiger partial charge in [-0.3, -0.25) is 4.99 Å². The molecule has 1 aromatic rings. The van der Waals surface area contributed by atoms with E-state index in [1.807, 2.05) is 26.0 Å². The first-order chi connectivity index (χ1) is 7.94. The number of anilines is 1. The zero-order chi connectivity index (χ0) is 12.6. The molecule has 2 rings (SSSR count). The van der Waals surface area contributed by atoms with Gasteiger partial charge in [0.15, 0.2) is 0 Å². The van der Waals surface area contributed by atoms with E-state index in [1.54, 1.807) is 6.92 Å². The number of aryl methyl sites for hydroxylation is 2. The molecule has 1 aromatic carbocycles. The Bertz CT molecular complexity index is 591. The molecule has 0 saturated carbocycles. The van der Waals surface area contributed by atoms with Crippen molar-refractivity contribution in [2.45, 2.75) is 25.7 Å². The average molecular weight is 253 g/mol. The van der Waals surface area contributed by atoms with Crippen molar-refractivity contribution in [2.24, 2.45) is 4.99 Å². The summed E-state index contributed by atoms with van der Waals surface area (Å²) >= 11 is 0. The second-order valence-corrected chi connectivity index (χ2v) is 5.63. The summed E-state index contributed by atoms with van der Waals surface area (Å²) in [4.78, 5) is 4.36. The minimum absolute atomic E-state index is 0.282. The van der Waals surface area contributed by atoms with Crippen LogP contribution in [0.3, 0.4) is 0 Å². The lowest BCUT2D eigenvalue weighted by Crippen LogP contribution is -2.41. The summed E-state index contributed by atoms with van der Waals surface area (Å²) in [6.45, 7) is 6.08. The molecule has 0 atom stereocenters. The normalized spacial score (nSPS) is 19.4. The lowest BCUT2D eigenvalue weighted by atomic mass is 10.1. The first kappa shape index (κ1) is 11.9. The fourth-order valence-corrected chi connectivity index (χ4v) is 3.32. The van der Waals surface area contributed by atoms with Crippen LogP contribution >= 0.6 is 0 Å². The minimum Gasteiger partial charge on any atom is -0.324 e. The van der Waals surface area contributed by atoms with Crippen LogP contribution in [0.2, 0.25) is 0 Å². The number of nitrogens with one attached hydrogen (secondary N) is 2. The Labute approximate surface area is 101 Å². The van der Waals surface area contributed by atoms with Gasteiger partial charge >= 0.3 is 0 Å². The number of guanidine groups is 1. The Hall–Kier alpha value is -1.56. The molecule has 2 N–H and O–H groups in total. The maximum Gasteiger partial charge on any atom is 0.266 e. The third-order valence-electron chi connectivity index (χ3n) is 2.49. The Morgan fingerprint density at radius 2 is 2.00 bits per heavy atom. The standard InChI is InChI=1S/C11H15N3O2S/c1-4-12-11-13-9-6-7(2)5-8(3)10(9)17(15,16)14-11/h5-6H,4H2,1-3H3,(H2,12,13,14). The number of benzene rings is 1. The van der Waals surface area contributed by atoms with Crippen molar-refractivity contribution in [2.75, 3.05) is 11.9 Å². The van der Waals surface area contributed by atoms with Crippen LogP contribution in [0.1, 0.15) is 18.1 Å². The molecule has 6 heteroatoms. The van der Waals surface area contributed by atoms with E-state index in [4.69, 9.17) is 0 Å². The number of hydrogen-bond acceptors (Lipinski definition) is 3. The smallest absolute Gasteiger partial charge is 0.266 e. The van der Waals surface area contributed by atoms with Crippen LogP contribution in [0, 0.1) is 13.8 Å². The first-order valence-electron chi connectivity index (χ1n) is 5.39. The zero-order valence-electron chi connectivity index (χ0n) is 10.0. The predicted molar refractivity (Wildman–Crippen MR) is 67.8 cm³/mol. The van der Waals surface area contributed by atoms with Crippen LogP contribution in [0.15, 0.2) is 22.0 Å². The van der Waals surface area contributed by atoms with Crippen molar-refractivity contribution in [1.29, 1.82) is 0 Å². The molecule has 0 saturated heterocycles. The summed E-state index contributed by atoms with van der Waals surface area (Å²) < 4.78 is 26.5. The Morgan fingerprint density at radius 1 is 1.29 bits per heavy atom. The van der Waals surface area contributed by atoms with Crippen molar-refractivity contribution < 1.29 is 8.42 Å². The zero-order valence-corrected chi connectivity index (χ0v) is 10.9. The topological polar surface area (TPSA) is 70.6 Å². The molecule has 1 heterocycles. The van der Waals surface area contributed by atoms with Gasteiger partial charge in [0.25, 0.3) is 10.0 Å². The molecule has 0 radical (unpaired) electrons. The summed E-state index contributed by atoms with van der Waals surface area (Å²) in [5, 5.41) is 2.99. The minimum atomic E-state index is -3.50. The highest BCUT2D eigenvalue weighted by molar-refractivity contribution is 7.90. The van der Waals surface area contributed by atoms with E-state index >= 15 is 0 Å². The summed E-state index contributed by atoms with van der Waals surface area (Å²) in [6.07, 6.45) is 0. The van der Waals surface area contributed by atoms with Crippen LogP contribution < -0.4 is 10.0 Å². The van der Waals surface area contributed by atoms with Gasteiger partial charge in [-0.1, -0.05) is 6.07 Å². The molecule has 17 heavy (non-hydrogen) atoms. The molecule has 0 spiro atoms. The fraction of sp³-hybridized carbons (Fsp3) is 0.364. The van der Waals surface area contributed by atoms with Gasteiger partial charge in [0, 0.05) is 6.54 Å². The summed E-state index contributed by atoms with van der Waals surface area (Å²) in [5.41, 5.74) is 2.34. The molecule has 0 unspecified atom stereocenters. The fourth-order valence-electron chi connectivity index (χ4n) is 1.97. The SMILES string of the molecule is CCN=C1Nc2cc(C)cc(C)c2S(=O)(=O)N1. The van der Waals surface area contributed by atoms with Gasteiger partial charge in [0.1, 0.15) is 4.90 Å². The lowest BCUT2D eigenvalue weighted by molar-refractivity contribution is 0.591. The third-order valence-corrected chi connectivity index (χ3v) is 4.03. The van der Waals surface area contributed by atoms with Gasteiger partial charge in [-0.15, -0.1) is 0 Å². The second kappa shape index (κ2) is 4.03. The second-order valence-electron chi connectivity index (χ2n) is 4.01. The monoisotopic (exact) mass is 253 g/mol. The van der Waals surface area contributed by atoms with Crippen LogP contribution in [-0.2, 0) is 10.0 Å². The molecule has 1 aliphatic rings. The molecule has 0 amide bonds. The predicted octanol–water partition coefficient (Wildman–Crippen LogP) is 1.38. The molecule has 0 aliphatic carbocycles. The summed E-state index contributed by atoms with van der Waals surface area (Å²) in [5.74, 6) is 0.282. The molecule has 0 fully saturated rings. The molecule has 0 aromatic heterocycles. The van der Waals surface area contributed by atoms with E-state index < -0.39 is 10.0 Å². The van der Waals surface area contributed by atoms with Gasteiger partial charge in [-0.05, 0) is 38.0 Å². The number of fused-ring (bicyclic) bond motifs is 1. The lowest BCUT2D eigenvalue weighted by Gasteiger charge is -2.23. The number of sulfonamides is 1. The molecular formula is C11H15N3O2S. The summed E-state index contributed by atoms with van der Waals surface area (Å²) in [7, 11) is -3.50. The van der Waals surface area contributed by atoms with E-state index in [0.29, 0.717) is 17.1 Å². The van der Waals surface area contributed by atoms with Gasteiger partial charge in [-0.25, -0.2) is 13.1 Å². The van der Waals surface area contributed by atoms with E-state index in [9.17, 15) is 8.42 Å². The molecular weight excluding hydrogens is 238 g/mol. The maximum atomic E-state index is 12.1. The van der Waals surface area contributed by atoms with Crippen LogP contribution in [0.25, 0.3) is 0 Å². The Kier molecular flexibility index (Phi) is 2.82. The summed E-state index contributed by atoms with van der Waals surface area (Å²) in [6, 6.07) is 3.66. The highest BCUT2D eigenvalue weighted by atomic mass is 32.2. The van der Waals surface area contributed by atoms with Gasteiger partial charge < -0.3 is 5.32 Å². The Balaban J connectivity index is 2.65. The van der Waals surface area contributed by atoms with E-state index in [-0.39, 0.29) is 5.96 Å². The van der Waals surface area contributed by atoms with Crippen LogP contribution in [0.5, 0.6) is 0 Å². The van der Waals surface area contributed by atoms with E-state index in [1.165, 1.54) is 0 Å². The van der Waals surface area contributed by atoms with Crippen LogP contribution in [-0.4, -0.2) is 20.9 Å². The molecule has 92 valence electrons. The van der Waals surface area contributed by atoms with Crippen molar-refractivity contribution in [3.05, 3.63) is 23.3 Å². The first-order valence-corrected chi connectivity index (χ1v) is 6.88. The van der Waals surface area contributed by atoms with E-state index in [0.717, 1.165) is 11.1 Å². The quantitative estimate of drug-likeness (QED) is 0.794. The van der Waals surface area contributed by atoms with Crippen LogP contribution in [0.4, 0.5) is 5.69 Å². The highest BCUT2D eigenvalue weighted by Gasteiger charge is 2.28. The molecule has 5 nitrogen and oxygen atoms in total. The third kappa shape index (κ3) is 2.12.